The molecule has 0 unspecified atom stereocenters. The van der Waals surface area contributed by atoms with E-state index in [1.807, 2.05) is 42.2 Å². The number of hydrazone groups is 1. The Morgan fingerprint density at radius 1 is 1.28 bits per heavy atom. The van der Waals surface area contributed by atoms with Crippen molar-refractivity contribution in [1.82, 2.24) is 5.43 Å². The average molecular weight is 411 g/mol. The molecule has 2 aromatic carbocycles. The lowest BCUT2D eigenvalue weighted by atomic mass is 9.99. The van der Waals surface area contributed by atoms with E-state index in [0.29, 0.717) is 22.3 Å². The number of halogens is 1. The number of anilines is 1. The molecule has 4 rings (SSSR count). The number of carboxylic acid groups (broad SMARTS) is 1. The number of allylic oxidation sites excluding steroid dienone is 1. The number of fused-ring (bicyclic) bond motifs is 3. The molecule has 148 valence electrons. The third-order valence-corrected chi connectivity index (χ3v) is 5.05. The Morgan fingerprint density at radius 2 is 2.03 bits per heavy atom. The van der Waals surface area contributed by atoms with E-state index >= 15 is 0 Å². The lowest BCUT2D eigenvalue weighted by Gasteiger charge is -2.31. The lowest BCUT2D eigenvalue weighted by molar-refractivity contribution is -0.137. The fraction of sp³-hybridized carbons (Fsp3) is 0.190. The molecule has 2 aliphatic heterocycles. The summed E-state index contributed by atoms with van der Waals surface area (Å²) in [5.41, 5.74) is 6.90. The maximum atomic E-state index is 11.6. The van der Waals surface area contributed by atoms with Crippen molar-refractivity contribution in [3.63, 3.8) is 0 Å². The molecule has 0 amide bonds. The fourth-order valence-corrected chi connectivity index (χ4v) is 3.60. The number of rotatable bonds is 4. The first-order valence-electron chi connectivity index (χ1n) is 9.02. The van der Waals surface area contributed by atoms with E-state index in [2.05, 4.69) is 10.5 Å². The SMILES string of the molecule is COc1ccc2c(c1)C(c1ccc(Cl)cc1)=N[C@@H](CC(=O)O)C1=NNC=C(C)N12. The van der Waals surface area contributed by atoms with Crippen LogP contribution in [0.1, 0.15) is 24.5 Å². The van der Waals surface area contributed by atoms with E-state index in [0.717, 1.165) is 22.5 Å². The summed E-state index contributed by atoms with van der Waals surface area (Å²) in [5.74, 6) is 0.257. The van der Waals surface area contributed by atoms with Crippen molar-refractivity contribution in [2.75, 3.05) is 12.0 Å². The van der Waals surface area contributed by atoms with E-state index in [9.17, 15) is 9.90 Å². The molecule has 0 saturated heterocycles. The number of amidine groups is 1. The molecule has 29 heavy (non-hydrogen) atoms. The summed E-state index contributed by atoms with van der Waals surface area (Å²) in [6.45, 7) is 1.93. The first kappa shape index (κ1) is 19.0. The largest absolute Gasteiger partial charge is 0.497 e. The highest BCUT2D eigenvalue weighted by molar-refractivity contribution is 6.31. The Labute approximate surface area is 173 Å². The maximum absolute atomic E-state index is 11.6. The predicted octanol–water partition coefficient (Wildman–Crippen LogP) is 3.63. The van der Waals surface area contributed by atoms with Crippen LogP contribution in [0.3, 0.4) is 0 Å². The molecule has 0 saturated carbocycles. The van der Waals surface area contributed by atoms with Crippen molar-refractivity contribution < 1.29 is 14.6 Å². The standard InChI is InChI=1S/C21H19ClN4O3/c1-12-11-23-25-21-17(10-19(27)28)24-20(13-3-5-14(22)6-4-13)16-9-15(29-2)7-8-18(16)26(12)21/h3-9,11,17,23H,10H2,1-2H3,(H,27,28)/t17-/m0/s1. The minimum atomic E-state index is -0.951. The zero-order valence-electron chi connectivity index (χ0n) is 15.9. The number of hydrogen-bond acceptors (Lipinski definition) is 6. The number of ether oxygens (including phenoxy) is 1. The predicted molar refractivity (Wildman–Crippen MR) is 113 cm³/mol. The van der Waals surface area contributed by atoms with Gasteiger partial charge in [-0.3, -0.25) is 20.1 Å². The smallest absolute Gasteiger partial charge is 0.306 e. The van der Waals surface area contributed by atoms with Gasteiger partial charge in [0.15, 0.2) is 5.84 Å². The van der Waals surface area contributed by atoms with E-state index in [4.69, 9.17) is 21.3 Å². The molecule has 2 heterocycles. The first-order valence-corrected chi connectivity index (χ1v) is 9.39. The summed E-state index contributed by atoms with van der Waals surface area (Å²) in [4.78, 5) is 18.4. The highest BCUT2D eigenvalue weighted by Crippen LogP contribution is 2.35. The van der Waals surface area contributed by atoms with Crippen LogP contribution in [-0.4, -0.2) is 35.8 Å². The van der Waals surface area contributed by atoms with E-state index in [1.165, 1.54) is 0 Å². The molecule has 0 radical (unpaired) electrons. The summed E-state index contributed by atoms with van der Waals surface area (Å²) in [6, 6.07) is 12.3. The number of aliphatic imine (C=N–C) groups is 1. The molecule has 1 atom stereocenters. The maximum Gasteiger partial charge on any atom is 0.306 e. The Morgan fingerprint density at radius 3 is 2.72 bits per heavy atom. The number of benzene rings is 2. The summed E-state index contributed by atoms with van der Waals surface area (Å²) in [6.07, 6.45) is 1.58. The van der Waals surface area contributed by atoms with Crippen LogP contribution in [0.15, 0.2) is 64.5 Å². The minimum absolute atomic E-state index is 0.188. The van der Waals surface area contributed by atoms with E-state index in [1.54, 1.807) is 25.4 Å². The van der Waals surface area contributed by atoms with Gasteiger partial charge < -0.3 is 9.84 Å². The van der Waals surface area contributed by atoms with Crippen molar-refractivity contribution in [2.24, 2.45) is 10.1 Å². The van der Waals surface area contributed by atoms with Gasteiger partial charge in [-0.2, -0.15) is 5.10 Å². The molecular formula is C21H19ClN4O3. The number of carboxylic acids is 1. The Hall–Kier alpha value is -3.32. The molecule has 0 aliphatic carbocycles. The third kappa shape index (κ3) is 3.56. The average Bonchev–Trinajstić information content (AvgIpc) is 2.84. The lowest BCUT2D eigenvalue weighted by Crippen LogP contribution is -2.41. The number of hydrogen-bond donors (Lipinski definition) is 2. The first-order chi connectivity index (χ1) is 14.0. The van der Waals surface area contributed by atoms with Gasteiger partial charge in [-0.05, 0) is 37.3 Å². The van der Waals surface area contributed by atoms with Crippen LogP contribution in [0.5, 0.6) is 5.75 Å². The van der Waals surface area contributed by atoms with Crippen molar-refractivity contribution in [3.8, 4) is 5.75 Å². The molecule has 2 N–H and O–H groups in total. The molecule has 2 aliphatic rings. The summed E-state index contributed by atoms with van der Waals surface area (Å²) < 4.78 is 5.43. The molecule has 0 spiro atoms. The van der Waals surface area contributed by atoms with Crippen LogP contribution in [0, 0.1) is 0 Å². The highest BCUT2D eigenvalue weighted by Gasteiger charge is 2.34. The third-order valence-electron chi connectivity index (χ3n) is 4.80. The topological polar surface area (TPSA) is 86.5 Å². The van der Waals surface area contributed by atoms with Crippen LogP contribution < -0.4 is 15.1 Å². The Balaban J connectivity index is 1.99. The second-order valence-electron chi connectivity index (χ2n) is 6.70. The molecule has 0 fully saturated rings. The van der Waals surface area contributed by atoms with Crippen LogP contribution in [0.2, 0.25) is 5.02 Å². The molecule has 7 nitrogen and oxygen atoms in total. The van der Waals surface area contributed by atoms with Crippen molar-refractivity contribution in [1.29, 1.82) is 0 Å². The van der Waals surface area contributed by atoms with Crippen molar-refractivity contribution >= 4 is 34.8 Å². The van der Waals surface area contributed by atoms with Gasteiger partial charge in [0.1, 0.15) is 11.8 Å². The summed E-state index contributed by atoms with van der Waals surface area (Å²) >= 11 is 6.07. The van der Waals surface area contributed by atoms with E-state index in [-0.39, 0.29) is 6.42 Å². The van der Waals surface area contributed by atoms with Gasteiger partial charge in [0.25, 0.3) is 0 Å². The van der Waals surface area contributed by atoms with Crippen LogP contribution in [0.25, 0.3) is 0 Å². The van der Waals surface area contributed by atoms with E-state index < -0.39 is 12.0 Å². The van der Waals surface area contributed by atoms with Gasteiger partial charge in [-0.15, -0.1) is 0 Å². The normalized spacial score (nSPS) is 17.7. The van der Waals surface area contributed by atoms with Gasteiger partial charge >= 0.3 is 5.97 Å². The second-order valence-corrected chi connectivity index (χ2v) is 7.14. The molecule has 0 bridgehead atoms. The Kier molecular flexibility index (Phi) is 4.98. The molecular weight excluding hydrogens is 392 g/mol. The van der Waals surface area contributed by atoms with Gasteiger partial charge in [-0.1, -0.05) is 23.7 Å². The van der Waals surface area contributed by atoms with Gasteiger partial charge in [-0.25, -0.2) is 0 Å². The molecule has 2 aromatic rings. The fourth-order valence-electron chi connectivity index (χ4n) is 3.47. The van der Waals surface area contributed by atoms with Gasteiger partial charge in [0, 0.05) is 28.0 Å². The van der Waals surface area contributed by atoms with Crippen LogP contribution in [-0.2, 0) is 4.79 Å². The number of nitrogens with zero attached hydrogens (tertiary/aromatic N) is 3. The summed E-state index contributed by atoms with van der Waals surface area (Å²) in [7, 11) is 1.60. The minimum Gasteiger partial charge on any atom is -0.497 e. The molecule has 0 aromatic heterocycles. The zero-order chi connectivity index (χ0) is 20.5. The molecule has 8 heteroatoms. The number of methoxy groups -OCH3 is 1. The second kappa shape index (κ2) is 7.60. The monoisotopic (exact) mass is 410 g/mol. The van der Waals surface area contributed by atoms with Gasteiger partial charge in [0.2, 0.25) is 0 Å². The number of carbonyl (C=O) groups is 1. The van der Waals surface area contributed by atoms with Crippen molar-refractivity contribution in [2.45, 2.75) is 19.4 Å². The quantitative estimate of drug-likeness (QED) is 0.803. The van der Waals surface area contributed by atoms with Crippen LogP contribution >= 0.6 is 11.6 Å². The number of aliphatic carboxylic acids is 1. The zero-order valence-corrected chi connectivity index (χ0v) is 16.6. The Bertz CT molecular complexity index is 1060. The van der Waals surface area contributed by atoms with Gasteiger partial charge in [0.05, 0.1) is 24.9 Å². The van der Waals surface area contributed by atoms with Crippen molar-refractivity contribution in [3.05, 3.63) is 70.5 Å². The highest BCUT2D eigenvalue weighted by atomic mass is 35.5. The summed E-state index contributed by atoms with van der Waals surface area (Å²) in [5, 5.41) is 14.5. The number of nitrogens with one attached hydrogen (secondary N) is 1. The van der Waals surface area contributed by atoms with Crippen LogP contribution in [0.4, 0.5) is 5.69 Å².